The molecule has 2 aromatic carbocycles. The number of fused-ring (bicyclic) bond motifs is 3. The van der Waals surface area contributed by atoms with Crippen LogP contribution in [0.25, 0.3) is 22.8 Å². The number of hydrogen-bond acceptors (Lipinski definition) is 3. The van der Waals surface area contributed by atoms with Crippen molar-refractivity contribution in [1.29, 1.82) is 0 Å². The van der Waals surface area contributed by atoms with Gasteiger partial charge in [-0.1, -0.05) is 36.4 Å². The number of aromatic nitrogens is 3. The SMILES string of the molecule is C=CCn1c2ccccc2n2nc(C)c(C(=O)C=Cc3ccc(C(=O)O)cc3)c12. The number of nitrogens with zero attached hydrogens (tertiary/aromatic N) is 3. The van der Waals surface area contributed by atoms with E-state index in [0.29, 0.717) is 17.8 Å². The maximum atomic E-state index is 13.0. The fourth-order valence-corrected chi connectivity index (χ4v) is 3.51. The van der Waals surface area contributed by atoms with Gasteiger partial charge < -0.3 is 9.67 Å². The van der Waals surface area contributed by atoms with Crippen molar-refractivity contribution in [2.24, 2.45) is 0 Å². The highest BCUT2D eigenvalue weighted by atomic mass is 16.4. The van der Waals surface area contributed by atoms with E-state index in [0.717, 1.165) is 22.2 Å². The number of carbonyl (C=O) groups excluding carboxylic acids is 1. The smallest absolute Gasteiger partial charge is 0.335 e. The van der Waals surface area contributed by atoms with Gasteiger partial charge in [0.25, 0.3) is 0 Å². The number of rotatable bonds is 6. The van der Waals surface area contributed by atoms with E-state index < -0.39 is 5.97 Å². The molecule has 1 N–H and O–H groups in total. The third kappa shape index (κ3) is 3.14. The minimum absolute atomic E-state index is 0.159. The average Bonchev–Trinajstić information content (AvgIpc) is 3.21. The normalized spacial score (nSPS) is 11.5. The molecule has 0 aliphatic carbocycles. The quantitative estimate of drug-likeness (QED) is 0.304. The standard InChI is InChI=1S/C23H19N3O3/c1-3-14-25-18-6-4-5-7-19(18)26-22(25)21(15(2)24-26)20(27)13-10-16-8-11-17(12-9-16)23(28)29/h3-13H,1,14H2,2H3,(H,28,29). The number of imidazole rings is 1. The molecule has 4 aromatic rings. The number of aromatic carboxylic acids is 1. The minimum Gasteiger partial charge on any atom is -0.478 e. The van der Waals surface area contributed by atoms with Gasteiger partial charge in [0.1, 0.15) is 5.65 Å². The molecule has 6 nitrogen and oxygen atoms in total. The van der Waals surface area contributed by atoms with Crippen molar-refractivity contribution in [2.45, 2.75) is 13.5 Å². The molecule has 0 bridgehead atoms. The third-order valence-electron chi connectivity index (χ3n) is 4.84. The maximum absolute atomic E-state index is 13.0. The van der Waals surface area contributed by atoms with E-state index in [1.54, 1.807) is 28.8 Å². The van der Waals surface area contributed by atoms with Crippen LogP contribution in [0.5, 0.6) is 0 Å². The van der Waals surface area contributed by atoms with Gasteiger partial charge in [0.15, 0.2) is 5.78 Å². The molecule has 0 amide bonds. The molecule has 144 valence electrons. The highest BCUT2D eigenvalue weighted by molar-refractivity contribution is 6.12. The topological polar surface area (TPSA) is 76.6 Å². The molecule has 2 aromatic heterocycles. The van der Waals surface area contributed by atoms with Gasteiger partial charge in [-0.25, -0.2) is 9.31 Å². The number of ketones is 1. The molecule has 0 aliphatic heterocycles. The van der Waals surface area contributed by atoms with Crippen LogP contribution in [0.2, 0.25) is 0 Å². The number of hydrogen-bond donors (Lipinski definition) is 1. The molecule has 0 fully saturated rings. The third-order valence-corrected chi connectivity index (χ3v) is 4.84. The van der Waals surface area contributed by atoms with Gasteiger partial charge in [-0.3, -0.25) is 4.79 Å². The van der Waals surface area contributed by atoms with E-state index in [9.17, 15) is 9.59 Å². The van der Waals surface area contributed by atoms with Crippen LogP contribution in [-0.2, 0) is 6.54 Å². The monoisotopic (exact) mass is 385 g/mol. The second kappa shape index (κ2) is 7.24. The van der Waals surface area contributed by atoms with E-state index in [4.69, 9.17) is 5.11 Å². The lowest BCUT2D eigenvalue weighted by molar-refractivity contribution is 0.0696. The van der Waals surface area contributed by atoms with Crippen molar-refractivity contribution in [3.8, 4) is 0 Å². The first-order valence-electron chi connectivity index (χ1n) is 9.14. The molecule has 0 aliphatic rings. The van der Waals surface area contributed by atoms with Gasteiger partial charge in [-0.2, -0.15) is 5.10 Å². The Labute approximate surface area is 167 Å². The summed E-state index contributed by atoms with van der Waals surface area (Å²) in [6.07, 6.45) is 4.97. The molecule has 2 heterocycles. The first kappa shape index (κ1) is 18.4. The minimum atomic E-state index is -0.982. The zero-order valence-electron chi connectivity index (χ0n) is 15.9. The molecule has 6 heteroatoms. The largest absolute Gasteiger partial charge is 0.478 e. The van der Waals surface area contributed by atoms with Crippen molar-refractivity contribution in [3.05, 3.63) is 89.6 Å². The van der Waals surface area contributed by atoms with Crippen molar-refractivity contribution in [2.75, 3.05) is 0 Å². The van der Waals surface area contributed by atoms with Gasteiger partial charge in [-0.05, 0) is 42.8 Å². The molecule has 0 radical (unpaired) electrons. The lowest BCUT2D eigenvalue weighted by Crippen LogP contribution is -2.02. The number of allylic oxidation sites excluding steroid dienone is 2. The summed E-state index contributed by atoms with van der Waals surface area (Å²) >= 11 is 0. The van der Waals surface area contributed by atoms with Crippen LogP contribution in [0.4, 0.5) is 0 Å². The predicted octanol–water partition coefficient (Wildman–Crippen LogP) is 4.38. The Bertz CT molecular complexity index is 1290. The summed E-state index contributed by atoms with van der Waals surface area (Å²) in [5, 5.41) is 13.6. The lowest BCUT2D eigenvalue weighted by Gasteiger charge is -2.03. The van der Waals surface area contributed by atoms with Crippen LogP contribution in [0.3, 0.4) is 0 Å². The molecule has 0 atom stereocenters. The summed E-state index contributed by atoms with van der Waals surface area (Å²) < 4.78 is 3.84. The average molecular weight is 385 g/mol. The van der Waals surface area contributed by atoms with Gasteiger partial charge in [0, 0.05) is 6.54 Å². The lowest BCUT2D eigenvalue weighted by atomic mass is 10.1. The van der Waals surface area contributed by atoms with Crippen molar-refractivity contribution < 1.29 is 14.7 Å². The molecule has 0 saturated carbocycles. The highest BCUT2D eigenvalue weighted by Gasteiger charge is 2.21. The highest BCUT2D eigenvalue weighted by Crippen LogP contribution is 2.26. The Kier molecular flexibility index (Phi) is 4.60. The Balaban J connectivity index is 1.78. The Morgan fingerprint density at radius 2 is 1.79 bits per heavy atom. The van der Waals surface area contributed by atoms with Crippen LogP contribution >= 0.6 is 0 Å². The van der Waals surface area contributed by atoms with E-state index >= 15 is 0 Å². The van der Waals surface area contributed by atoms with Crippen LogP contribution in [-0.4, -0.2) is 31.0 Å². The van der Waals surface area contributed by atoms with Crippen LogP contribution < -0.4 is 0 Å². The fraction of sp³-hybridized carbons (Fsp3) is 0.0870. The number of carbonyl (C=O) groups is 2. The van der Waals surface area contributed by atoms with Crippen molar-refractivity contribution in [3.63, 3.8) is 0 Å². The second-order valence-electron chi connectivity index (χ2n) is 6.71. The zero-order valence-corrected chi connectivity index (χ0v) is 15.9. The summed E-state index contributed by atoms with van der Waals surface area (Å²) in [6, 6.07) is 14.2. The molecular weight excluding hydrogens is 366 g/mol. The number of benzene rings is 2. The van der Waals surface area contributed by atoms with E-state index in [1.165, 1.54) is 18.2 Å². The molecular formula is C23H19N3O3. The molecule has 29 heavy (non-hydrogen) atoms. The van der Waals surface area contributed by atoms with Crippen molar-refractivity contribution >= 4 is 34.5 Å². The van der Waals surface area contributed by atoms with E-state index in [1.807, 2.05) is 35.8 Å². The summed E-state index contributed by atoms with van der Waals surface area (Å²) in [4.78, 5) is 24.0. The summed E-state index contributed by atoms with van der Waals surface area (Å²) in [5.41, 5.74) is 4.80. The second-order valence-corrected chi connectivity index (χ2v) is 6.71. The number of para-hydroxylation sites is 2. The van der Waals surface area contributed by atoms with Gasteiger partial charge >= 0.3 is 5.97 Å². The first-order chi connectivity index (χ1) is 14.0. The molecule has 0 saturated heterocycles. The summed E-state index contributed by atoms with van der Waals surface area (Å²) in [5.74, 6) is -1.14. The van der Waals surface area contributed by atoms with Crippen LogP contribution in [0.1, 0.15) is 32.0 Å². The molecule has 0 unspecified atom stereocenters. The van der Waals surface area contributed by atoms with Crippen molar-refractivity contribution in [1.82, 2.24) is 14.2 Å². The predicted molar refractivity (Wildman–Crippen MR) is 112 cm³/mol. The van der Waals surface area contributed by atoms with E-state index in [-0.39, 0.29) is 11.3 Å². The van der Waals surface area contributed by atoms with Gasteiger partial charge in [0.2, 0.25) is 0 Å². The zero-order chi connectivity index (χ0) is 20.5. The maximum Gasteiger partial charge on any atom is 0.335 e. The summed E-state index contributed by atoms with van der Waals surface area (Å²) in [6.45, 7) is 6.22. The number of carboxylic acid groups (broad SMARTS) is 1. The number of carboxylic acids is 1. The Hall–Kier alpha value is -3.93. The van der Waals surface area contributed by atoms with E-state index in [2.05, 4.69) is 11.7 Å². The first-order valence-corrected chi connectivity index (χ1v) is 9.14. The fourth-order valence-electron chi connectivity index (χ4n) is 3.51. The Morgan fingerprint density at radius 1 is 1.10 bits per heavy atom. The number of aryl methyl sites for hydroxylation is 1. The summed E-state index contributed by atoms with van der Waals surface area (Å²) in [7, 11) is 0. The van der Waals surface area contributed by atoms with Gasteiger partial charge in [-0.15, -0.1) is 6.58 Å². The Morgan fingerprint density at radius 3 is 2.45 bits per heavy atom. The molecule has 0 spiro atoms. The van der Waals surface area contributed by atoms with Crippen LogP contribution in [0, 0.1) is 6.92 Å². The molecule has 4 rings (SSSR count). The van der Waals surface area contributed by atoms with Gasteiger partial charge in [0.05, 0.1) is 27.9 Å². The van der Waals surface area contributed by atoms with Crippen LogP contribution in [0.15, 0.2) is 67.3 Å².